The van der Waals surface area contributed by atoms with E-state index in [-0.39, 0.29) is 11.1 Å². The molecule has 228 valence electrons. The van der Waals surface area contributed by atoms with E-state index in [1.165, 1.54) is 60.7 Å². The van der Waals surface area contributed by atoms with Crippen molar-refractivity contribution in [2.24, 2.45) is 0 Å². The number of esters is 2. The summed E-state index contributed by atoms with van der Waals surface area (Å²) in [6.45, 7) is 6.98. The first-order valence-electron chi connectivity index (χ1n) is 11.7. The average molecular weight is 628 g/mol. The second-order valence-electron chi connectivity index (χ2n) is 8.23. The van der Waals surface area contributed by atoms with E-state index in [0.717, 1.165) is 0 Å². The Morgan fingerprint density at radius 3 is 0.886 bits per heavy atom. The molecule has 44 heavy (non-hydrogen) atoms. The van der Waals surface area contributed by atoms with Gasteiger partial charge in [0.05, 0.1) is 11.1 Å². The summed E-state index contributed by atoms with van der Waals surface area (Å²) in [6.07, 6.45) is 2.97. The van der Waals surface area contributed by atoms with E-state index in [9.17, 15) is 53.5 Å². The van der Waals surface area contributed by atoms with E-state index in [1.54, 1.807) is 0 Å². The minimum absolute atomic E-state index is 0.130. The third-order valence-electron chi connectivity index (χ3n) is 5.49. The first-order valence-corrected chi connectivity index (χ1v) is 11.7. The van der Waals surface area contributed by atoms with Gasteiger partial charge in [0, 0.05) is 0 Å². The number of hydrogen-bond acceptors (Lipinski definition) is 4. The summed E-state index contributed by atoms with van der Waals surface area (Å²) in [5.41, 5.74) is 1.06. The second-order valence-corrected chi connectivity index (χ2v) is 8.23. The molecule has 0 heterocycles. The highest BCUT2D eigenvalue weighted by molar-refractivity contribution is 5.92. The van der Waals surface area contributed by atoms with Crippen molar-refractivity contribution in [2.75, 3.05) is 0 Å². The van der Waals surface area contributed by atoms with Gasteiger partial charge in [-0.25, -0.2) is 35.9 Å². The number of rotatable bonds is 6. The van der Waals surface area contributed by atoms with Gasteiger partial charge in [-0.15, -0.1) is 0 Å². The minimum atomic E-state index is -2.33. The number of ether oxygens (including phenoxy) is 2. The van der Waals surface area contributed by atoms with Crippen LogP contribution in [0.3, 0.4) is 0 Å². The normalized spacial score (nSPS) is 10.4. The van der Waals surface area contributed by atoms with Crippen molar-refractivity contribution in [1.82, 2.24) is 0 Å². The van der Waals surface area contributed by atoms with Gasteiger partial charge in [0.15, 0.2) is 0 Å². The zero-order valence-corrected chi connectivity index (χ0v) is 21.6. The molecule has 0 aromatic heterocycles. The standard InChI is InChI=1S/2C15H7F5O2/c2*1-2-7-3-5-8(6-4-7)15(21)22-14-12(19)10(17)9(16)11(18)13(14)20/h2*2-6H,1H2. The molecule has 0 N–H and O–H groups in total. The van der Waals surface area contributed by atoms with Crippen molar-refractivity contribution in [3.05, 3.63) is 142 Å². The van der Waals surface area contributed by atoms with Crippen LogP contribution in [0, 0.1) is 58.2 Å². The lowest BCUT2D eigenvalue weighted by Crippen LogP contribution is -2.13. The summed E-state index contributed by atoms with van der Waals surface area (Å²) < 4.78 is 140. The first-order chi connectivity index (χ1) is 20.7. The highest BCUT2D eigenvalue weighted by atomic mass is 19.2. The molecule has 0 atom stereocenters. The van der Waals surface area contributed by atoms with E-state index in [1.807, 2.05) is 0 Å². The van der Waals surface area contributed by atoms with Crippen molar-refractivity contribution >= 4 is 24.1 Å². The van der Waals surface area contributed by atoms with E-state index in [0.29, 0.717) is 11.1 Å². The molecule has 0 aliphatic rings. The molecule has 4 aromatic carbocycles. The molecule has 14 heteroatoms. The Bertz CT molecular complexity index is 1580. The lowest BCUT2D eigenvalue weighted by atomic mass is 10.1. The van der Waals surface area contributed by atoms with Gasteiger partial charge < -0.3 is 9.47 Å². The Labute approximate surface area is 241 Å². The fraction of sp³-hybridized carbons (Fsp3) is 0. The number of carbonyl (C=O) groups is 2. The third-order valence-corrected chi connectivity index (χ3v) is 5.49. The molecule has 0 aliphatic carbocycles. The lowest BCUT2D eigenvalue weighted by Gasteiger charge is -2.09. The maximum Gasteiger partial charge on any atom is 0.343 e. The maximum atomic E-state index is 13.4. The Balaban J connectivity index is 0.000000240. The predicted octanol–water partition coefficient (Wildman–Crippen LogP) is 8.49. The fourth-order valence-corrected chi connectivity index (χ4v) is 3.16. The molecule has 0 aliphatic heterocycles. The van der Waals surface area contributed by atoms with Crippen LogP contribution < -0.4 is 9.47 Å². The number of hydrogen-bond donors (Lipinski definition) is 0. The van der Waals surface area contributed by atoms with Gasteiger partial charge in [0.25, 0.3) is 0 Å². The van der Waals surface area contributed by atoms with Crippen LogP contribution in [0.4, 0.5) is 43.9 Å². The molecule has 0 saturated carbocycles. The van der Waals surface area contributed by atoms with Crippen LogP contribution in [-0.2, 0) is 0 Å². The van der Waals surface area contributed by atoms with Crippen LogP contribution in [0.1, 0.15) is 31.8 Å². The van der Waals surface area contributed by atoms with Crippen molar-refractivity contribution in [2.45, 2.75) is 0 Å². The largest absolute Gasteiger partial charge is 0.416 e. The van der Waals surface area contributed by atoms with E-state index in [4.69, 9.17) is 0 Å². The summed E-state index contributed by atoms with van der Waals surface area (Å²) >= 11 is 0. The Hall–Kier alpha value is -5.40. The predicted molar refractivity (Wildman–Crippen MR) is 135 cm³/mol. The van der Waals surface area contributed by atoms with Crippen LogP contribution in [-0.4, -0.2) is 11.9 Å². The molecular formula is C30H14F10O4. The zero-order chi connectivity index (χ0) is 32.9. The van der Waals surface area contributed by atoms with Gasteiger partial charge in [0.1, 0.15) is 0 Å². The fourth-order valence-electron chi connectivity index (χ4n) is 3.16. The number of halogens is 10. The van der Waals surface area contributed by atoms with Gasteiger partial charge in [-0.2, -0.15) is 17.6 Å². The van der Waals surface area contributed by atoms with Gasteiger partial charge in [-0.1, -0.05) is 49.6 Å². The van der Waals surface area contributed by atoms with Crippen molar-refractivity contribution in [1.29, 1.82) is 0 Å². The quantitative estimate of drug-likeness (QED) is 0.0707. The maximum absolute atomic E-state index is 13.4. The highest BCUT2D eigenvalue weighted by Crippen LogP contribution is 2.31. The van der Waals surface area contributed by atoms with Crippen LogP contribution in [0.25, 0.3) is 12.2 Å². The van der Waals surface area contributed by atoms with Crippen molar-refractivity contribution < 1.29 is 63.0 Å². The molecule has 0 unspecified atom stereocenters. The molecular weight excluding hydrogens is 614 g/mol. The Morgan fingerprint density at radius 1 is 0.432 bits per heavy atom. The molecule has 4 aromatic rings. The first kappa shape index (κ1) is 33.1. The summed E-state index contributed by atoms with van der Waals surface area (Å²) in [6, 6.07) is 10.9. The second kappa shape index (κ2) is 13.7. The van der Waals surface area contributed by atoms with E-state index in [2.05, 4.69) is 22.6 Å². The van der Waals surface area contributed by atoms with E-state index >= 15 is 0 Å². The smallest absolute Gasteiger partial charge is 0.343 e. The van der Waals surface area contributed by atoms with Crippen molar-refractivity contribution in [3.8, 4) is 11.5 Å². The highest BCUT2D eigenvalue weighted by Gasteiger charge is 2.30. The summed E-state index contributed by atoms with van der Waals surface area (Å²) in [4.78, 5) is 23.4. The molecule has 0 amide bonds. The molecule has 0 radical (unpaired) electrons. The third kappa shape index (κ3) is 6.80. The Kier molecular flexibility index (Phi) is 10.3. The lowest BCUT2D eigenvalue weighted by molar-refractivity contribution is 0.0707. The van der Waals surface area contributed by atoms with E-state index < -0.39 is 81.6 Å². The zero-order valence-electron chi connectivity index (χ0n) is 21.6. The van der Waals surface area contributed by atoms with Crippen LogP contribution >= 0.6 is 0 Å². The van der Waals surface area contributed by atoms with Gasteiger partial charge in [0.2, 0.25) is 69.7 Å². The van der Waals surface area contributed by atoms with Gasteiger partial charge in [-0.3, -0.25) is 0 Å². The molecule has 0 saturated heterocycles. The SMILES string of the molecule is C=Cc1ccc(C(=O)Oc2c(F)c(F)c(F)c(F)c2F)cc1.C=Cc1ccc(C(=O)Oc2c(F)c(F)c(F)c(F)c2F)cc1. The number of benzene rings is 4. The molecule has 4 rings (SSSR count). The minimum Gasteiger partial charge on any atom is -0.416 e. The van der Waals surface area contributed by atoms with Crippen LogP contribution in [0.5, 0.6) is 11.5 Å². The molecule has 0 fully saturated rings. The van der Waals surface area contributed by atoms with Crippen LogP contribution in [0.2, 0.25) is 0 Å². The molecule has 0 bridgehead atoms. The molecule has 4 nitrogen and oxygen atoms in total. The van der Waals surface area contributed by atoms with Gasteiger partial charge >= 0.3 is 11.9 Å². The molecule has 0 spiro atoms. The summed E-state index contributed by atoms with van der Waals surface area (Å²) in [5.74, 6) is -28.1. The van der Waals surface area contributed by atoms with Crippen molar-refractivity contribution in [3.63, 3.8) is 0 Å². The summed E-state index contributed by atoms with van der Waals surface area (Å²) in [7, 11) is 0. The summed E-state index contributed by atoms with van der Waals surface area (Å²) in [5, 5.41) is 0. The Morgan fingerprint density at radius 2 is 0.659 bits per heavy atom. The van der Waals surface area contributed by atoms with Gasteiger partial charge in [-0.05, 0) is 35.4 Å². The number of carbonyl (C=O) groups excluding carboxylic acids is 2. The average Bonchev–Trinajstić information content (AvgIpc) is 3.05. The monoisotopic (exact) mass is 628 g/mol. The van der Waals surface area contributed by atoms with Crippen LogP contribution in [0.15, 0.2) is 61.7 Å². The topological polar surface area (TPSA) is 52.6 Å².